The normalized spacial score (nSPS) is 14.5. The molecule has 0 N–H and O–H groups in total. The minimum Gasteiger partial charge on any atom is -0.496 e. The lowest BCUT2D eigenvalue weighted by Crippen LogP contribution is -2.29. The van der Waals surface area contributed by atoms with Crippen LogP contribution < -0.4 is 9.64 Å². The summed E-state index contributed by atoms with van der Waals surface area (Å²) in [5, 5.41) is 1.58. The summed E-state index contributed by atoms with van der Waals surface area (Å²) in [5.74, 6) is 1.33. The summed E-state index contributed by atoms with van der Waals surface area (Å²) in [6, 6.07) is 9.66. The van der Waals surface area contributed by atoms with Crippen molar-refractivity contribution in [3.8, 4) is 17.0 Å². The number of aromatic nitrogens is 1. The summed E-state index contributed by atoms with van der Waals surface area (Å²) in [4.78, 5) is 8.49. The lowest BCUT2D eigenvalue weighted by Gasteiger charge is -2.31. The van der Waals surface area contributed by atoms with E-state index in [1.165, 1.54) is 12.8 Å². The molecule has 1 fully saturated rings. The van der Waals surface area contributed by atoms with E-state index in [2.05, 4.69) is 24.8 Å². The molecule has 170 valence electrons. The van der Waals surface area contributed by atoms with Gasteiger partial charge in [0.1, 0.15) is 11.6 Å². The van der Waals surface area contributed by atoms with Crippen molar-refractivity contribution in [2.45, 2.75) is 53.0 Å². The Kier molecular flexibility index (Phi) is 6.78. The summed E-state index contributed by atoms with van der Waals surface area (Å²) in [6.45, 7) is 8.85. The lowest BCUT2D eigenvalue weighted by molar-refractivity contribution is 0.412. The number of hydrogen-bond donors (Lipinski definition) is 0. The molecule has 0 amide bonds. The van der Waals surface area contributed by atoms with Crippen LogP contribution in [0.15, 0.2) is 30.3 Å². The molecule has 1 aromatic heterocycles. The zero-order valence-corrected chi connectivity index (χ0v) is 20.9. The molecule has 0 saturated heterocycles. The van der Waals surface area contributed by atoms with Gasteiger partial charge < -0.3 is 9.64 Å². The van der Waals surface area contributed by atoms with Gasteiger partial charge in [0.15, 0.2) is 5.13 Å². The van der Waals surface area contributed by atoms with Crippen LogP contribution >= 0.6 is 22.9 Å². The lowest BCUT2D eigenvalue weighted by atomic mass is 9.98. The molecular weight excluding hydrogens is 443 g/mol. The Balaban J connectivity index is 1.73. The molecule has 1 heterocycles. The second kappa shape index (κ2) is 9.40. The zero-order chi connectivity index (χ0) is 23.0. The molecular formula is C26H30ClFN2OS. The second-order valence-electron chi connectivity index (χ2n) is 8.69. The minimum atomic E-state index is -0.143. The molecule has 1 aliphatic carbocycles. The number of nitrogens with zero attached hydrogens (tertiary/aromatic N) is 2. The van der Waals surface area contributed by atoms with E-state index >= 15 is 0 Å². The van der Waals surface area contributed by atoms with E-state index in [1.54, 1.807) is 24.5 Å². The third kappa shape index (κ3) is 4.65. The van der Waals surface area contributed by atoms with E-state index in [-0.39, 0.29) is 11.9 Å². The Bertz CT molecular complexity index is 1130. The Morgan fingerprint density at radius 3 is 2.56 bits per heavy atom. The van der Waals surface area contributed by atoms with E-state index in [9.17, 15) is 4.39 Å². The quantitative estimate of drug-likeness (QED) is 0.333. The van der Waals surface area contributed by atoms with Gasteiger partial charge in [0.2, 0.25) is 0 Å². The fourth-order valence-corrected chi connectivity index (χ4v) is 5.52. The van der Waals surface area contributed by atoms with Gasteiger partial charge in [0.05, 0.1) is 23.9 Å². The molecule has 4 rings (SSSR count). The van der Waals surface area contributed by atoms with Gasteiger partial charge >= 0.3 is 0 Å². The molecule has 0 bridgehead atoms. The van der Waals surface area contributed by atoms with Gasteiger partial charge in [-0.25, -0.2) is 9.37 Å². The highest BCUT2D eigenvalue weighted by Crippen LogP contribution is 2.44. The highest BCUT2D eigenvalue weighted by molar-refractivity contribution is 7.16. The van der Waals surface area contributed by atoms with Gasteiger partial charge in [-0.3, -0.25) is 0 Å². The topological polar surface area (TPSA) is 25.4 Å². The fraction of sp³-hybridized carbons (Fsp3) is 0.423. The molecule has 0 spiro atoms. The maximum absolute atomic E-state index is 14.4. The molecule has 1 aliphatic rings. The Labute approximate surface area is 199 Å². The predicted octanol–water partition coefficient (Wildman–Crippen LogP) is 7.90. The smallest absolute Gasteiger partial charge is 0.186 e. The van der Waals surface area contributed by atoms with E-state index in [4.69, 9.17) is 21.3 Å². The van der Waals surface area contributed by atoms with Crippen molar-refractivity contribution < 1.29 is 9.13 Å². The van der Waals surface area contributed by atoms with Crippen molar-refractivity contribution >= 4 is 28.1 Å². The maximum Gasteiger partial charge on any atom is 0.186 e. The standard InChI is InChI=1S/C26H30ClFN2OS/c1-6-30(23(12-18-8-9-18)19-10-7-15(2)22(28)13-19)26-29-25(17(4)32-26)20-11-16(3)24(31-5)14-21(20)27/h7,10-11,13-14,18,23H,6,8-9,12H2,1-5H3. The summed E-state index contributed by atoms with van der Waals surface area (Å²) in [7, 11) is 1.65. The average Bonchev–Trinajstić information content (AvgIpc) is 3.51. The number of methoxy groups -OCH3 is 1. The van der Waals surface area contributed by atoms with Crippen LogP contribution in [0.1, 0.15) is 53.8 Å². The molecule has 1 unspecified atom stereocenters. The molecule has 1 saturated carbocycles. The van der Waals surface area contributed by atoms with Crippen LogP contribution in [0.25, 0.3) is 11.3 Å². The van der Waals surface area contributed by atoms with Crippen molar-refractivity contribution in [2.24, 2.45) is 5.92 Å². The summed E-state index contributed by atoms with van der Waals surface area (Å²) < 4.78 is 19.8. The highest BCUT2D eigenvalue weighted by Gasteiger charge is 2.31. The number of aryl methyl sites for hydroxylation is 3. The van der Waals surface area contributed by atoms with E-state index in [0.717, 1.165) is 51.1 Å². The van der Waals surface area contributed by atoms with Crippen LogP contribution in [0.5, 0.6) is 5.75 Å². The van der Waals surface area contributed by atoms with E-state index < -0.39 is 0 Å². The second-order valence-corrected chi connectivity index (χ2v) is 10.3. The van der Waals surface area contributed by atoms with Crippen LogP contribution in [0.4, 0.5) is 9.52 Å². The van der Waals surface area contributed by atoms with Gasteiger partial charge in [-0.05, 0) is 74.9 Å². The summed E-state index contributed by atoms with van der Waals surface area (Å²) in [6.07, 6.45) is 3.53. The van der Waals surface area contributed by atoms with Crippen LogP contribution in [0, 0.1) is 32.5 Å². The first-order valence-corrected chi connectivity index (χ1v) is 12.4. The molecule has 32 heavy (non-hydrogen) atoms. The van der Waals surface area contributed by atoms with Crippen LogP contribution in [0.3, 0.4) is 0 Å². The number of halogens is 2. The van der Waals surface area contributed by atoms with Gasteiger partial charge in [-0.2, -0.15) is 0 Å². The Morgan fingerprint density at radius 1 is 1.19 bits per heavy atom. The first-order valence-electron chi connectivity index (χ1n) is 11.2. The van der Waals surface area contributed by atoms with Gasteiger partial charge in [-0.1, -0.05) is 36.6 Å². The number of anilines is 1. The average molecular weight is 473 g/mol. The van der Waals surface area contributed by atoms with E-state index in [1.807, 2.05) is 32.0 Å². The number of benzene rings is 2. The minimum absolute atomic E-state index is 0.106. The van der Waals surface area contributed by atoms with Crippen molar-refractivity contribution in [2.75, 3.05) is 18.6 Å². The molecule has 3 nitrogen and oxygen atoms in total. The van der Waals surface area contributed by atoms with Gasteiger partial charge in [0.25, 0.3) is 0 Å². The fourth-order valence-electron chi connectivity index (χ4n) is 4.24. The van der Waals surface area contributed by atoms with Crippen LogP contribution in [-0.4, -0.2) is 18.6 Å². The van der Waals surface area contributed by atoms with Crippen molar-refractivity contribution in [1.82, 2.24) is 4.98 Å². The molecule has 2 aromatic carbocycles. The largest absolute Gasteiger partial charge is 0.496 e. The predicted molar refractivity (Wildman–Crippen MR) is 133 cm³/mol. The Morgan fingerprint density at radius 2 is 1.94 bits per heavy atom. The van der Waals surface area contributed by atoms with Crippen LogP contribution in [0.2, 0.25) is 5.02 Å². The first kappa shape index (κ1) is 23.1. The van der Waals surface area contributed by atoms with Crippen LogP contribution in [-0.2, 0) is 0 Å². The van der Waals surface area contributed by atoms with Gasteiger partial charge in [0, 0.05) is 17.0 Å². The van der Waals surface area contributed by atoms with E-state index in [0.29, 0.717) is 16.5 Å². The van der Waals surface area contributed by atoms with Crippen molar-refractivity contribution in [3.63, 3.8) is 0 Å². The van der Waals surface area contributed by atoms with Crippen molar-refractivity contribution in [1.29, 1.82) is 0 Å². The Hall–Kier alpha value is -2.11. The number of hydrogen-bond acceptors (Lipinski definition) is 4. The first-order chi connectivity index (χ1) is 15.3. The third-order valence-electron chi connectivity index (χ3n) is 6.32. The maximum atomic E-state index is 14.4. The SMILES string of the molecule is CCN(c1nc(-c2cc(C)c(OC)cc2Cl)c(C)s1)C(CC1CC1)c1ccc(C)c(F)c1. The number of rotatable bonds is 8. The highest BCUT2D eigenvalue weighted by atomic mass is 35.5. The molecule has 1 atom stereocenters. The summed E-state index contributed by atoms with van der Waals surface area (Å²) >= 11 is 8.28. The zero-order valence-electron chi connectivity index (χ0n) is 19.3. The number of ether oxygens (including phenoxy) is 1. The molecule has 6 heteroatoms. The van der Waals surface area contributed by atoms with Gasteiger partial charge in [-0.15, -0.1) is 11.3 Å². The number of thiazole rings is 1. The molecule has 3 aromatic rings. The molecule has 0 radical (unpaired) electrons. The van der Waals surface area contributed by atoms with Crippen molar-refractivity contribution in [3.05, 3.63) is 62.7 Å². The molecule has 0 aliphatic heterocycles. The third-order valence-corrected chi connectivity index (χ3v) is 7.64. The summed E-state index contributed by atoms with van der Waals surface area (Å²) in [5.41, 5.74) is 4.55. The monoisotopic (exact) mass is 472 g/mol.